The lowest BCUT2D eigenvalue weighted by molar-refractivity contribution is -0.136. The highest BCUT2D eigenvalue weighted by atomic mass is 35.5. The van der Waals surface area contributed by atoms with Crippen LogP contribution in [0.4, 0.5) is 0 Å². The molecule has 0 saturated heterocycles. The summed E-state index contributed by atoms with van der Waals surface area (Å²) in [6.45, 7) is 2.68. The molecule has 0 saturated carbocycles. The van der Waals surface area contributed by atoms with Crippen molar-refractivity contribution >= 4 is 64.8 Å². The highest BCUT2D eigenvalue weighted by Gasteiger charge is 2.35. The predicted octanol–water partition coefficient (Wildman–Crippen LogP) is -1.78. The van der Waals surface area contributed by atoms with E-state index in [4.69, 9.17) is 34.5 Å². The Morgan fingerprint density at radius 2 is 0.976 bits per heavy atom. The van der Waals surface area contributed by atoms with Gasteiger partial charge in [-0.1, -0.05) is 60.1 Å². The van der Waals surface area contributed by atoms with E-state index in [1.54, 1.807) is 24.3 Å². The minimum atomic E-state index is -1.72. The number of rotatable bonds is 31. The quantitative estimate of drug-likeness (QED) is 0.0218. The summed E-state index contributed by atoms with van der Waals surface area (Å²) >= 11 is 6.03. The van der Waals surface area contributed by atoms with Gasteiger partial charge in [-0.2, -0.15) is 15.4 Å². The predicted molar refractivity (Wildman–Crippen MR) is 298 cm³/mol. The van der Waals surface area contributed by atoms with E-state index in [-0.39, 0.29) is 74.2 Å². The van der Waals surface area contributed by atoms with E-state index in [0.717, 1.165) is 0 Å². The fourth-order valence-corrected chi connectivity index (χ4v) is 8.43. The third-order valence-electron chi connectivity index (χ3n) is 13.0. The molecular weight excluding hydrogens is 1080 g/mol. The summed E-state index contributed by atoms with van der Waals surface area (Å²) in [5, 5.41) is 59.2. The van der Waals surface area contributed by atoms with Gasteiger partial charge in [0.15, 0.2) is 0 Å². The van der Waals surface area contributed by atoms with Crippen LogP contribution in [0.1, 0.15) is 71.4 Å². The van der Waals surface area contributed by atoms with E-state index in [0.29, 0.717) is 33.7 Å². The smallest absolute Gasteiger partial charge is 0.248 e. The van der Waals surface area contributed by atoms with E-state index in [2.05, 4.69) is 52.6 Å². The first-order valence-corrected chi connectivity index (χ1v) is 26.5. The lowest BCUT2D eigenvalue weighted by Gasteiger charge is -2.28. The van der Waals surface area contributed by atoms with Crippen LogP contribution in [-0.2, 0) is 70.5 Å². The lowest BCUT2D eigenvalue weighted by atomic mass is 10.00. The molecule has 0 aliphatic heterocycles. The van der Waals surface area contributed by atoms with Crippen LogP contribution in [0.15, 0.2) is 103 Å². The average Bonchev–Trinajstić information content (AvgIpc) is 3.96. The number of aliphatic hydroxyl groups excluding tert-OH is 1. The Balaban J connectivity index is 1.39. The van der Waals surface area contributed by atoms with Gasteiger partial charge in [0, 0.05) is 36.3 Å². The Bertz CT molecular complexity index is 2970. The van der Waals surface area contributed by atoms with Crippen LogP contribution in [0, 0.1) is 0 Å². The van der Waals surface area contributed by atoms with Gasteiger partial charge in [0.05, 0.1) is 24.0 Å². The SMILES string of the molecule is CC(O)C(NC(=O)[C@H](CCCCN)NC(=O)[C@@H](Cc1ccc(C(N)=O)cc1)NC(=O)[C@H](Cc1ccc(O)cc1)NC(=O)[C@H](Cc1cn[nH]n1)NC(=O)[C@@H](N)Cc1ccc(Cl)cc1)C(=O)N[C@@H](C)C(=O)N[C@H](Cc1ccc(O)cc1)C(N)=O. The van der Waals surface area contributed by atoms with Gasteiger partial charge >= 0.3 is 0 Å². The summed E-state index contributed by atoms with van der Waals surface area (Å²) in [6, 6.07) is 12.6. The van der Waals surface area contributed by atoms with Gasteiger partial charge in [-0.3, -0.25) is 43.2 Å². The van der Waals surface area contributed by atoms with Gasteiger partial charge in [0.25, 0.3) is 0 Å². The molecule has 5 aromatic rings. The average molecular weight is 1150 g/mol. The number of unbranched alkanes of at least 4 members (excludes halogenated alkanes) is 1. The van der Waals surface area contributed by atoms with Crippen molar-refractivity contribution < 1.29 is 58.5 Å². The highest BCUT2D eigenvalue weighted by molar-refractivity contribution is 6.30. The van der Waals surface area contributed by atoms with Gasteiger partial charge in [-0.25, -0.2) is 0 Å². The van der Waals surface area contributed by atoms with E-state index in [1.165, 1.54) is 92.8 Å². The van der Waals surface area contributed by atoms with Crippen molar-refractivity contribution in [1.82, 2.24) is 52.6 Å². The largest absolute Gasteiger partial charge is 0.508 e. The number of H-pyrrole nitrogens is 1. The van der Waals surface area contributed by atoms with Gasteiger partial charge in [0.1, 0.15) is 53.8 Å². The molecule has 1 heterocycles. The summed E-state index contributed by atoms with van der Waals surface area (Å²) in [6.07, 6.45) is -0.418. The van der Waals surface area contributed by atoms with Crippen LogP contribution in [-0.4, -0.2) is 145 Å². The van der Waals surface area contributed by atoms with E-state index < -0.39 is 108 Å². The molecule has 9 atom stereocenters. The van der Waals surface area contributed by atoms with Crippen LogP contribution in [0.25, 0.3) is 0 Å². The van der Waals surface area contributed by atoms with Crippen molar-refractivity contribution in [3.63, 3.8) is 0 Å². The lowest BCUT2D eigenvalue weighted by Crippen LogP contribution is -2.62. The van der Waals surface area contributed by atoms with Crippen LogP contribution < -0.4 is 60.2 Å². The van der Waals surface area contributed by atoms with Crippen LogP contribution in [0.3, 0.4) is 0 Å². The molecule has 26 nitrogen and oxygen atoms in total. The number of hydrogen-bond acceptors (Lipinski definition) is 16. The van der Waals surface area contributed by atoms with Gasteiger partial charge in [-0.05, 0) is 117 Å². The van der Waals surface area contributed by atoms with Gasteiger partial charge < -0.3 is 75.5 Å². The maximum absolute atomic E-state index is 14.8. The number of nitrogens with zero attached hydrogens (tertiary/aromatic N) is 2. The second-order valence-corrected chi connectivity index (χ2v) is 20.0. The number of carbonyl (C=O) groups excluding carboxylic acids is 9. The molecule has 82 heavy (non-hydrogen) atoms. The maximum Gasteiger partial charge on any atom is 0.248 e. The Morgan fingerprint density at radius 1 is 0.537 bits per heavy atom. The standard InChI is InChI=1S/C55H69ClN14O12/c1-29(49(76)64-42(48(60)75)24-33-10-18-38(72)19-11-33)62-55(82)46(30(2)71)68-51(78)41(5-3-4-22-57)63-52(79)43(25-32-6-14-35(15-7-32)47(59)74)66-53(80)44(26-34-12-20-39(73)21-13-34)67-54(81)45(27-37-28-61-70-69-37)65-50(77)40(58)23-31-8-16-36(56)17-9-31/h6-21,28-30,40-46,71-73H,3-5,22-27,57-58H2,1-2H3,(H2,59,74)(H2,60,75)(H,62,82)(H,63,79)(H,64,76)(H,65,77)(H,66,80)(H,67,81)(H,68,78)(H,61,69,70)/t29-,30?,40-,41-,42+,43+,44-,45-,46?/m0/s1. The number of amides is 9. The van der Waals surface area contributed by atoms with Crippen LogP contribution in [0.5, 0.6) is 11.5 Å². The summed E-state index contributed by atoms with van der Waals surface area (Å²) in [7, 11) is 0. The van der Waals surface area contributed by atoms with E-state index in [9.17, 15) is 58.5 Å². The molecular formula is C55H69ClN14O12. The molecule has 4 aromatic carbocycles. The summed E-state index contributed by atoms with van der Waals surface area (Å²) in [5.74, 6) is -8.06. The zero-order chi connectivity index (χ0) is 60.0. The van der Waals surface area contributed by atoms with Crippen LogP contribution >= 0.6 is 11.6 Å². The molecule has 2 unspecified atom stereocenters. The fraction of sp³-hybridized carbons (Fsp3) is 0.364. The molecule has 0 bridgehead atoms. The highest BCUT2D eigenvalue weighted by Crippen LogP contribution is 2.16. The van der Waals surface area contributed by atoms with Crippen molar-refractivity contribution in [3.05, 3.63) is 142 Å². The zero-order valence-electron chi connectivity index (χ0n) is 45.0. The number of aromatic amines is 1. The first kappa shape index (κ1) is 63.8. The second kappa shape index (κ2) is 31.1. The Labute approximate surface area is 476 Å². The molecule has 0 radical (unpaired) electrons. The van der Waals surface area contributed by atoms with Crippen LogP contribution in [0.2, 0.25) is 5.02 Å². The number of aromatic nitrogens is 3. The number of hydrogen-bond donors (Lipinski definition) is 15. The van der Waals surface area contributed by atoms with E-state index in [1.807, 2.05) is 0 Å². The third-order valence-corrected chi connectivity index (χ3v) is 13.2. The number of primary amides is 2. The topological polar surface area (TPSA) is 444 Å². The number of benzene rings is 4. The van der Waals surface area contributed by atoms with E-state index >= 15 is 0 Å². The Kier molecular flexibility index (Phi) is 24.2. The maximum atomic E-state index is 14.8. The van der Waals surface area contributed by atoms with Crippen molar-refractivity contribution in [1.29, 1.82) is 0 Å². The number of nitrogens with two attached hydrogens (primary N) is 4. The molecule has 0 aliphatic carbocycles. The molecule has 27 heteroatoms. The normalized spacial score (nSPS) is 14.4. The monoisotopic (exact) mass is 1150 g/mol. The molecule has 0 fully saturated rings. The molecule has 19 N–H and O–H groups in total. The van der Waals surface area contributed by atoms with Crippen molar-refractivity contribution in [3.8, 4) is 11.5 Å². The molecule has 9 amide bonds. The van der Waals surface area contributed by atoms with Gasteiger partial charge in [-0.15, -0.1) is 0 Å². The third kappa shape index (κ3) is 20.3. The first-order valence-electron chi connectivity index (χ1n) is 26.1. The number of carbonyl (C=O) groups is 9. The molecule has 438 valence electrons. The molecule has 5 rings (SSSR count). The molecule has 1 aromatic heterocycles. The summed E-state index contributed by atoms with van der Waals surface area (Å²) in [5.41, 5.74) is 25.6. The number of aliphatic hydroxyl groups is 1. The Morgan fingerprint density at radius 3 is 1.45 bits per heavy atom. The number of aromatic hydroxyl groups is 2. The fourth-order valence-electron chi connectivity index (χ4n) is 8.31. The minimum Gasteiger partial charge on any atom is -0.508 e. The molecule has 0 aliphatic rings. The number of phenols is 2. The van der Waals surface area contributed by atoms with Gasteiger partial charge in [0.2, 0.25) is 53.2 Å². The van der Waals surface area contributed by atoms with Crippen molar-refractivity contribution in [2.24, 2.45) is 22.9 Å². The number of phenolic OH excluding ortho intramolecular Hbond substituents is 2. The van der Waals surface area contributed by atoms with Crippen molar-refractivity contribution in [2.75, 3.05) is 6.54 Å². The number of halogens is 1. The summed E-state index contributed by atoms with van der Waals surface area (Å²) in [4.78, 5) is 123. The zero-order valence-corrected chi connectivity index (χ0v) is 45.7. The second-order valence-electron chi connectivity index (χ2n) is 19.6. The Hall–Kier alpha value is -8.98. The number of nitrogens with one attached hydrogen (secondary N) is 8. The summed E-state index contributed by atoms with van der Waals surface area (Å²) < 4.78 is 0. The first-order chi connectivity index (χ1) is 39.0. The molecule has 0 spiro atoms. The van der Waals surface area contributed by atoms with Crippen molar-refractivity contribution in [2.45, 2.75) is 120 Å². The minimum absolute atomic E-state index is 0.0237.